The van der Waals surface area contributed by atoms with Crippen LogP contribution in [0.3, 0.4) is 0 Å². The first-order valence-corrected chi connectivity index (χ1v) is 11.6. The zero-order chi connectivity index (χ0) is 24.2. The normalized spacial score (nSPS) is 14.6. The molecule has 0 saturated carbocycles. The van der Waals surface area contributed by atoms with Gasteiger partial charge in [-0.05, 0) is 86.0 Å². The predicted octanol–water partition coefficient (Wildman–Crippen LogP) is 6.35. The van der Waals surface area contributed by atoms with E-state index in [9.17, 15) is 9.18 Å². The van der Waals surface area contributed by atoms with Gasteiger partial charge in [-0.3, -0.25) is 14.8 Å². The van der Waals surface area contributed by atoms with Crippen LogP contribution in [0.1, 0.15) is 33.7 Å². The van der Waals surface area contributed by atoms with Crippen LogP contribution in [0.25, 0.3) is 0 Å². The summed E-state index contributed by atoms with van der Waals surface area (Å²) in [7, 11) is 0. The molecule has 2 aromatic heterocycles. The fraction of sp³-hybridized carbons (Fsp3) is 0.179. The highest BCUT2D eigenvalue weighted by atomic mass is 19.1. The Bertz CT molecular complexity index is 1360. The number of aryl methyl sites for hydroxylation is 2. The molecule has 0 saturated heterocycles. The Balaban J connectivity index is 1.25. The fourth-order valence-corrected chi connectivity index (χ4v) is 4.24. The van der Waals surface area contributed by atoms with Crippen LogP contribution in [0.2, 0.25) is 0 Å². The van der Waals surface area contributed by atoms with Gasteiger partial charge in [0.15, 0.2) is 0 Å². The molecule has 7 heteroatoms. The number of hydrogen-bond donors (Lipinski definition) is 3. The van der Waals surface area contributed by atoms with Crippen LogP contribution in [0.15, 0.2) is 79.1 Å². The van der Waals surface area contributed by atoms with Crippen LogP contribution >= 0.6 is 0 Å². The highest BCUT2D eigenvalue weighted by Crippen LogP contribution is 2.30. The molecule has 35 heavy (non-hydrogen) atoms. The number of benzene rings is 2. The molecule has 0 radical (unpaired) electrons. The van der Waals surface area contributed by atoms with Gasteiger partial charge in [-0.1, -0.05) is 6.07 Å². The van der Waals surface area contributed by atoms with Gasteiger partial charge in [0.2, 0.25) is 0 Å². The van der Waals surface area contributed by atoms with Gasteiger partial charge in [0, 0.05) is 64.2 Å². The predicted molar refractivity (Wildman–Crippen MR) is 138 cm³/mol. The molecule has 5 rings (SSSR count). The van der Waals surface area contributed by atoms with Crippen molar-refractivity contribution in [3.8, 4) is 0 Å². The van der Waals surface area contributed by atoms with Crippen molar-refractivity contribution in [3.63, 3.8) is 0 Å². The first kappa shape index (κ1) is 22.5. The van der Waals surface area contributed by atoms with Crippen molar-refractivity contribution < 1.29 is 9.18 Å². The van der Waals surface area contributed by atoms with Gasteiger partial charge in [-0.25, -0.2) is 4.39 Å². The first-order valence-electron chi connectivity index (χ1n) is 11.6. The van der Waals surface area contributed by atoms with Gasteiger partial charge in [0.1, 0.15) is 6.17 Å². The van der Waals surface area contributed by atoms with Gasteiger partial charge in [0.05, 0.1) is 0 Å². The summed E-state index contributed by atoms with van der Waals surface area (Å²) in [5.74, 6) is -0.199. The number of hydrogen-bond acceptors (Lipinski definition) is 5. The summed E-state index contributed by atoms with van der Waals surface area (Å²) in [4.78, 5) is 21.4. The molecule has 1 amide bonds. The van der Waals surface area contributed by atoms with E-state index >= 15 is 0 Å². The number of carbonyl (C=O) groups is 1. The topological polar surface area (TPSA) is 78.9 Å². The third-order valence-electron chi connectivity index (χ3n) is 6.00. The average Bonchev–Trinajstić information content (AvgIpc) is 2.85. The maximum absolute atomic E-state index is 13.9. The molecule has 0 fully saturated rings. The largest absolute Gasteiger partial charge is 0.355 e. The van der Waals surface area contributed by atoms with Crippen molar-refractivity contribution in [2.45, 2.75) is 32.4 Å². The lowest BCUT2D eigenvalue weighted by atomic mass is 9.93. The number of pyridine rings is 2. The average molecular weight is 468 g/mol. The number of nitrogens with one attached hydrogen (secondary N) is 3. The van der Waals surface area contributed by atoms with Crippen molar-refractivity contribution in [3.05, 3.63) is 102 Å². The van der Waals surface area contributed by atoms with Crippen LogP contribution in [0.5, 0.6) is 0 Å². The SMILES string of the molecule is Cc1cc(Nc2cccc(NC(=O)c3ccc(Nc4ccnc5c4CC(F)CC5)cc3)c2)ccn1. The molecule has 176 valence electrons. The number of alkyl halides is 1. The third kappa shape index (κ3) is 5.46. The molecule has 4 aromatic rings. The van der Waals surface area contributed by atoms with Crippen molar-refractivity contribution >= 4 is 34.3 Å². The lowest BCUT2D eigenvalue weighted by molar-refractivity contribution is 0.102. The number of nitrogens with zero attached hydrogens (tertiary/aromatic N) is 2. The summed E-state index contributed by atoms with van der Waals surface area (Å²) >= 11 is 0. The molecule has 0 spiro atoms. The summed E-state index contributed by atoms with van der Waals surface area (Å²) in [6.45, 7) is 1.94. The van der Waals surface area contributed by atoms with E-state index in [2.05, 4.69) is 25.9 Å². The zero-order valence-electron chi connectivity index (χ0n) is 19.4. The van der Waals surface area contributed by atoms with Crippen LogP contribution in [-0.2, 0) is 12.8 Å². The molecule has 1 atom stereocenters. The second kappa shape index (κ2) is 9.93. The summed E-state index contributed by atoms with van der Waals surface area (Å²) in [5.41, 5.74) is 7.53. The molecule has 2 aromatic carbocycles. The van der Waals surface area contributed by atoms with Gasteiger partial charge in [0.25, 0.3) is 5.91 Å². The monoisotopic (exact) mass is 467 g/mol. The molecule has 0 aliphatic heterocycles. The van der Waals surface area contributed by atoms with E-state index in [0.29, 0.717) is 30.5 Å². The number of anilines is 5. The quantitative estimate of drug-likeness (QED) is 0.308. The summed E-state index contributed by atoms with van der Waals surface area (Å²) in [6, 6.07) is 20.5. The molecule has 1 aliphatic carbocycles. The van der Waals surface area contributed by atoms with Gasteiger partial charge in [-0.2, -0.15) is 0 Å². The Labute approximate surface area is 203 Å². The minimum Gasteiger partial charge on any atom is -0.355 e. The van der Waals surface area contributed by atoms with Crippen LogP contribution in [-0.4, -0.2) is 22.0 Å². The minimum absolute atomic E-state index is 0.199. The third-order valence-corrected chi connectivity index (χ3v) is 6.00. The highest BCUT2D eigenvalue weighted by Gasteiger charge is 2.21. The number of aromatic nitrogens is 2. The summed E-state index contributed by atoms with van der Waals surface area (Å²) in [5, 5.41) is 9.63. The van der Waals surface area contributed by atoms with Crippen LogP contribution < -0.4 is 16.0 Å². The standard InChI is InChI=1S/C28H26FN5O/c1-18-15-24(11-13-30-18)32-22-3-2-4-23(17-22)34-28(35)19-5-8-21(9-6-19)33-27-12-14-31-26-10-7-20(29)16-25(26)27/h2-6,8-9,11-15,17,20H,7,10,16H2,1H3,(H,30,32)(H,31,33)(H,34,35). The first-order chi connectivity index (χ1) is 17.0. The number of fused-ring (bicyclic) bond motifs is 1. The second-order valence-corrected chi connectivity index (χ2v) is 8.67. The molecule has 1 unspecified atom stereocenters. The zero-order valence-corrected chi connectivity index (χ0v) is 19.4. The van der Waals surface area contributed by atoms with E-state index in [1.54, 1.807) is 24.5 Å². The lowest BCUT2D eigenvalue weighted by Gasteiger charge is -2.21. The Morgan fingerprint density at radius 3 is 2.49 bits per heavy atom. The smallest absolute Gasteiger partial charge is 0.255 e. The minimum atomic E-state index is -0.833. The van der Waals surface area contributed by atoms with Crippen LogP contribution in [0.4, 0.5) is 32.8 Å². The van der Waals surface area contributed by atoms with E-state index < -0.39 is 6.17 Å². The number of halogens is 1. The lowest BCUT2D eigenvalue weighted by Crippen LogP contribution is -2.17. The maximum Gasteiger partial charge on any atom is 0.255 e. The summed E-state index contributed by atoms with van der Waals surface area (Å²) < 4.78 is 13.9. The molecule has 6 nitrogen and oxygen atoms in total. The Morgan fingerprint density at radius 2 is 1.66 bits per heavy atom. The van der Waals surface area contributed by atoms with Crippen molar-refractivity contribution in [2.75, 3.05) is 16.0 Å². The van der Waals surface area contributed by atoms with E-state index in [4.69, 9.17) is 0 Å². The van der Waals surface area contributed by atoms with E-state index in [0.717, 1.165) is 39.7 Å². The van der Waals surface area contributed by atoms with Gasteiger partial charge in [-0.15, -0.1) is 0 Å². The van der Waals surface area contributed by atoms with E-state index in [1.165, 1.54) is 0 Å². The van der Waals surface area contributed by atoms with Gasteiger partial charge >= 0.3 is 0 Å². The van der Waals surface area contributed by atoms with E-state index in [-0.39, 0.29) is 5.91 Å². The highest BCUT2D eigenvalue weighted by molar-refractivity contribution is 6.04. The molecular weight excluding hydrogens is 441 g/mol. The number of rotatable bonds is 6. The molecule has 3 N–H and O–H groups in total. The Hall–Kier alpha value is -4.26. The molecule has 2 heterocycles. The molecule has 1 aliphatic rings. The van der Waals surface area contributed by atoms with Gasteiger partial charge < -0.3 is 16.0 Å². The second-order valence-electron chi connectivity index (χ2n) is 8.67. The van der Waals surface area contributed by atoms with Crippen molar-refractivity contribution in [2.24, 2.45) is 0 Å². The van der Waals surface area contributed by atoms with Crippen molar-refractivity contribution in [1.29, 1.82) is 0 Å². The fourth-order valence-electron chi connectivity index (χ4n) is 4.24. The molecular formula is C28H26FN5O. The number of carbonyl (C=O) groups excluding carboxylic acids is 1. The summed E-state index contributed by atoms with van der Waals surface area (Å²) in [6.07, 6.45) is 4.23. The van der Waals surface area contributed by atoms with E-state index in [1.807, 2.05) is 61.5 Å². The van der Waals surface area contributed by atoms with Crippen molar-refractivity contribution in [1.82, 2.24) is 9.97 Å². The Morgan fingerprint density at radius 1 is 0.886 bits per heavy atom. The van der Waals surface area contributed by atoms with Crippen LogP contribution in [0, 0.1) is 6.92 Å². The number of amides is 1. The Kier molecular flexibility index (Phi) is 6.39. The maximum atomic E-state index is 13.9. The molecule has 0 bridgehead atoms.